The Morgan fingerprint density at radius 1 is 1.30 bits per heavy atom. The van der Waals surface area contributed by atoms with Crippen LogP contribution in [0.25, 0.3) is 0 Å². The molecule has 1 fully saturated rings. The molecular weight excluding hydrogens is 258 g/mol. The van der Waals surface area contributed by atoms with E-state index in [0.29, 0.717) is 11.7 Å². The number of amides is 1. The quantitative estimate of drug-likeness (QED) is 0.865. The van der Waals surface area contributed by atoms with E-state index in [1.54, 1.807) is 31.3 Å². The summed E-state index contributed by atoms with van der Waals surface area (Å²) in [4.78, 5) is 24.0. The summed E-state index contributed by atoms with van der Waals surface area (Å²) in [5.74, 6) is -0.310. The molecule has 0 aliphatic heterocycles. The average Bonchev–Trinajstić information content (AvgIpc) is 2.40. The number of nitrogens with zero attached hydrogens (tertiary/aromatic N) is 1. The van der Waals surface area contributed by atoms with Crippen molar-refractivity contribution in [3.05, 3.63) is 29.8 Å². The van der Waals surface area contributed by atoms with Gasteiger partial charge in [0.2, 0.25) is 0 Å². The molecule has 1 N–H and O–H groups in total. The SMILES string of the molecule is CN(CCC(=O)O)C(=O)c1ccc(OC2CCC2)cc1. The summed E-state index contributed by atoms with van der Waals surface area (Å²) >= 11 is 0. The summed E-state index contributed by atoms with van der Waals surface area (Å²) in [6.07, 6.45) is 3.67. The Hall–Kier alpha value is -2.04. The second kappa shape index (κ2) is 6.41. The zero-order valence-corrected chi connectivity index (χ0v) is 11.5. The van der Waals surface area contributed by atoms with Crippen LogP contribution in [-0.4, -0.2) is 41.6 Å². The van der Waals surface area contributed by atoms with Gasteiger partial charge in [-0.15, -0.1) is 0 Å². The van der Waals surface area contributed by atoms with Crippen molar-refractivity contribution < 1.29 is 19.4 Å². The molecule has 108 valence electrons. The van der Waals surface area contributed by atoms with E-state index in [9.17, 15) is 9.59 Å². The van der Waals surface area contributed by atoms with Crippen molar-refractivity contribution in [2.24, 2.45) is 0 Å². The Morgan fingerprint density at radius 2 is 1.95 bits per heavy atom. The fraction of sp³-hybridized carbons (Fsp3) is 0.467. The van der Waals surface area contributed by atoms with Crippen molar-refractivity contribution >= 4 is 11.9 Å². The van der Waals surface area contributed by atoms with Crippen LogP contribution in [0.3, 0.4) is 0 Å². The molecule has 1 aromatic rings. The Labute approximate surface area is 118 Å². The number of carboxylic acids is 1. The van der Waals surface area contributed by atoms with Crippen LogP contribution in [0.15, 0.2) is 24.3 Å². The molecule has 0 bridgehead atoms. The van der Waals surface area contributed by atoms with Crippen LogP contribution in [0.1, 0.15) is 36.0 Å². The second-order valence-corrected chi connectivity index (χ2v) is 5.07. The number of carbonyl (C=O) groups is 2. The minimum atomic E-state index is -0.908. The number of carboxylic acid groups (broad SMARTS) is 1. The topological polar surface area (TPSA) is 66.8 Å². The minimum Gasteiger partial charge on any atom is -0.490 e. The first-order valence-corrected chi connectivity index (χ1v) is 6.80. The average molecular weight is 277 g/mol. The first-order chi connectivity index (χ1) is 9.56. The number of aliphatic carboxylic acids is 1. The van der Waals surface area contributed by atoms with Crippen molar-refractivity contribution in [2.45, 2.75) is 31.8 Å². The number of hydrogen-bond acceptors (Lipinski definition) is 3. The fourth-order valence-electron chi connectivity index (χ4n) is 1.94. The third-order valence-electron chi connectivity index (χ3n) is 3.46. The van der Waals surface area contributed by atoms with Gasteiger partial charge in [-0.2, -0.15) is 0 Å². The summed E-state index contributed by atoms with van der Waals surface area (Å²) in [7, 11) is 1.60. The van der Waals surface area contributed by atoms with Crippen LogP contribution in [-0.2, 0) is 4.79 Å². The first-order valence-electron chi connectivity index (χ1n) is 6.80. The normalized spacial score (nSPS) is 14.4. The summed E-state index contributed by atoms with van der Waals surface area (Å²) in [6, 6.07) is 7.01. The van der Waals surface area contributed by atoms with E-state index in [0.717, 1.165) is 18.6 Å². The molecule has 1 aromatic carbocycles. The Bertz CT molecular complexity index is 479. The van der Waals surface area contributed by atoms with E-state index >= 15 is 0 Å². The fourth-order valence-corrected chi connectivity index (χ4v) is 1.94. The molecule has 0 saturated heterocycles. The van der Waals surface area contributed by atoms with Crippen LogP contribution >= 0.6 is 0 Å². The zero-order valence-electron chi connectivity index (χ0n) is 11.5. The third-order valence-corrected chi connectivity index (χ3v) is 3.46. The second-order valence-electron chi connectivity index (χ2n) is 5.07. The van der Waals surface area contributed by atoms with Crippen LogP contribution in [0, 0.1) is 0 Å². The maximum Gasteiger partial charge on any atom is 0.305 e. The lowest BCUT2D eigenvalue weighted by atomic mass is 9.96. The molecule has 5 heteroatoms. The van der Waals surface area contributed by atoms with Gasteiger partial charge in [-0.25, -0.2) is 0 Å². The molecule has 0 radical (unpaired) electrons. The van der Waals surface area contributed by atoms with Crippen molar-refractivity contribution in [1.82, 2.24) is 4.90 Å². The largest absolute Gasteiger partial charge is 0.490 e. The van der Waals surface area contributed by atoms with Crippen LogP contribution < -0.4 is 4.74 Å². The highest BCUT2D eigenvalue weighted by atomic mass is 16.5. The maximum absolute atomic E-state index is 12.1. The molecule has 0 heterocycles. The van der Waals surface area contributed by atoms with E-state index in [1.165, 1.54) is 11.3 Å². The van der Waals surface area contributed by atoms with Gasteiger partial charge in [0.1, 0.15) is 5.75 Å². The molecule has 2 rings (SSSR count). The molecule has 20 heavy (non-hydrogen) atoms. The van der Waals surface area contributed by atoms with Crippen molar-refractivity contribution in [3.63, 3.8) is 0 Å². The predicted octanol–water partition coefficient (Wildman–Crippen LogP) is 2.16. The smallest absolute Gasteiger partial charge is 0.305 e. The molecule has 0 spiro atoms. The Morgan fingerprint density at radius 3 is 2.45 bits per heavy atom. The molecule has 1 aliphatic carbocycles. The molecule has 1 amide bonds. The van der Waals surface area contributed by atoms with Crippen LogP contribution in [0.2, 0.25) is 0 Å². The molecular formula is C15H19NO4. The summed E-state index contributed by atoms with van der Waals surface area (Å²) in [5.41, 5.74) is 0.541. The van der Waals surface area contributed by atoms with E-state index in [1.807, 2.05) is 0 Å². The van der Waals surface area contributed by atoms with Gasteiger partial charge in [-0.05, 0) is 43.5 Å². The zero-order chi connectivity index (χ0) is 14.5. The van der Waals surface area contributed by atoms with E-state index in [2.05, 4.69) is 0 Å². The highest BCUT2D eigenvalue weighted by molar-refractivity contribution is 5.94. The number of ether oxygens (including phenoxy) is 1. The lowest BCUT2D eigenvalue weighted by molar-refractivity contribution is -0.137. The first kappa shape index (κ1) is 14.4. The minimum absolute atomic E-state index is 0.0505. The van der Waals surface area contributed by atoms with Gasteiger partial charge in [0.25, 0.3) is 5.91 Å². The predicted molar refractivity (Wildman–Crippen MR) is 73.9 cm³/mol. The standard InChI is InChI=1S/C15H19NO4/c1-16(10-9-14(17)18)15(19)11-5-7-13(8-6-11)20-12-3-2-4-12/h5-8,12H,2-4,9-10H2,1H3,(H,17,18). The third kappa shape index (κ3) is 3.73. The molecule has 1 aliphatic rings. The van der Waals surface area contributed by atoms with Crippen LogP contribution in [0.5, 0.6) is 5.75 Å². The van der Waals surface area contributed by atoms with Crippen molar-refractivity contribution in [2.75, 3.05) is 13.6 Å². The van der Waals surface area contributed by atoms with E-state index < -0.39 is 5.97 Å². The maximum atomic E-state index is 12.1. The molecule has 0 unspecified atom stereocenters. The molecule has 0 atom stereocenters. The van der Waals surface area contributed by atoms with Crippen molar-refractivity contribution in [1.29, 1.82) is 0 Å². The van der Waals surface area contributed by atoms with Gasteiger partial charge >= 0.3 is 5.97 Å². The van der Waals surface area contributed by atoms with E-state index in [4.69, 9.17) is 9.84 Å². The van der Waals surface area contributed by atoms with Gasteiger partial charge in [0.05, 0.1) is 12.5 Å². The monoisotopic (exact) mass is 277 g/mol. The number of carbonyl (C=O) groups excluding carboxylic acids is 1. The number of hydrogen-bond donors (Lipinski definition) is 1. The van der Waals surface area contributed by atoms with Crippen LogP contribution in [0.4, 0.5) is 0 Å². The highest BCUT2D eigenvalue weighted by Gasteiger charge is 2.19. The van der Waals surface area contributed by atoms with E-state index in [-0.39, 0.29) is 18.9 Å². The highest BCUT2D eigenvalue weighted by Crippen LogP contribution is 2.25. The van der Waals surface area contributed by atoms with Gasteiger partial charge < -0.3 is 14.7 Å². The Kier molecular flexibility index (Phi) is 4.61. The summed E-state index contributed by atoms with van der Waals surface area (Å²) < 4.78 is 5.72. The van der Waals surface area contributed by atoms with Gasteiger partial charge in [0, 0.05) is 19.2 Å². The number of benzene rings is 1. The van der Waals surface area contributed by atoms with Gasteiger partial charge in [0.15, 0.2) is 0 Å². The van der Waals surface area contributed by atoms with Gasteiger partial charge in [-0.3, -0.25) is 9.59 Å². The molecule has 1 saturated carbocycles. The summed E-state index contributed by atoms with van der Waals surface area (Å²) in [6.45, 7) is 0.203. The number of rotatable bonds is 6. The molecule has 5 nitrogen and oxygen atoms in total. The molecule has 0 aromatic heterocycles. The van der Waals surface area contributed by atoms with Gasteiger partial charge in [-0.1, -0.05) is 0 Å². The summed E-state index contributed by atoms with van der Waals surface area (Å²) in [5, 5.41) is 8.61. The lowest BCUT2D eigenvalue weighted by Crippen LogP contribution is -2.29. The Balaban J connectivity index is 1.90. The van der Waals surface area contributed by atoms with Crippen molar-refractivity contribution in [3.8, 4) is 5.75 Å². The lowest BCUT2D eigenvalue weighted by Gasteiger charge is -2.26.